The zero-order valence-electron chi connectivity index (χ0n) is 78.9. The molecule has 2 aliphatic carbocycles. The van der Waals surface area contributed by atoms with Crippen molar-refractivity contribution >= 4 is 45.3 Å². The van der Waals surface area contributed by atoms with E-state index in [1.165, 1.54) is 372 Å². The maximum Gasteiger partial charge on any atom is 0.336 e. The van der Waals surface area contributed by atoms with Gasteiger partial charge in [-0.25, -0.2) is 14.6 Å². The average Bonchev–Trinajstić information content (AvgIpc) is 0.755. The van der Waals surface area contributed by atoms with Crippen molar-refractivity contribution in [3.05, 3.63) is 143 Å². The van der Waals surface area contributed by atoms with Crippen molar-refractivity contribution in [2.45, 2.75) is 412 Å². The molecule has 0 fully saturated rings. The van der Waals surface area contributed by atoms with Crippen molar-refractivity contribution in [2.24, 2.45) is 4.99 Å². The second kappa shape index (κ2) is 68.9. The summed E-state index contributed by atoms with van der Waals surface area (Å²) in [6, 6.07) is 38.2. The number of hydrogen-bond donors (Lipinski definition) is 5. The third kappa shape index (κ3) is 43.5. The minimum absolute atomic E-state index is 0.258. The molecule has 4 aromatic rings. The van der Waals surface area contributed by atoms with Crippen LogP contribution in [0, 0.1) is 0 Å². The molecule has 0 saturated heterocycles. The van der Waals surface area contributed by atoms with Gasteiger partial charge in [0.15, 0.2) is 0 Å². The topological polar surface area (TPSA) is 170 Å². The number of carboxylic acids is 2. The Bertz CT molecular complexity index is 4120. The normalized spacial score (nSPS) is 11.9. The van der Waals surface area contributed by atoms with E-state index in [0.717, 1.165) is 120 Å². The molecule has 12 heteroatoms. The van der Waals surface area contributed by atoms with Crippen LogP contribution in [-0.4, -0.2) is 75.8 Å². The van der Waals surface area contributed by atoms with E-state index in [0.29, 0.717) is 33.8 Å². The Labute approximate surface area is 753 Å². The van der Waals surface area contributed by atoms with Crippen LogP contribution < -0.4 is 26.3 Å². The maximum absolute atomic E-state index is 12.5. The molecule has 0 atom stereocenters. The zero-order valence-corrected chi connectivity index (χ0v) is 78.9. The van der Waals surface area contributed by atoms with Gasteiger partial charge in [0.25, 0.3) is 0 Å². The lowest BCUT2D eigenvalue weighted by molar-refractivity contribution is -0.501. The van der Waals surface area contributed by atoms with Crippen molar-refractivity contribution in [1.29, 1.82) is 0 Å². The van der Waals surface area contributed by atoms with Crippen LogP contribution in [0.1, 0.15) is 433 Å². The van der Waals surface area contributed by atoms with Crippen molar-refractivity contribution in [1.82, 2.24) is 0 Å². The highest BCUT2D eigenvalue weighted by Gasteiger charge is 2.24. The van der Waals surface area contributed by atoms with E-state index in [4.69, 9.17) is 18.3 Å². The fraction of sp³-hybridized carbons (Fsp3) is 0.643. The van der Waals surface area contributed by atoms with E-state index in [9.17, 15) is 19.8 Å². The van der Waals surface area contributed by atoms with Crippen LogP contribution in [0.5, 0.6) is 0 Å². The Morgan fingerprint density at radius 3 is 0.984 bits per heavy atom. The van der Waals surface area contributed by atoms with E-state index < -0.39 is 11.9 Å². The fourth-order valence-corrected chi connectivity index (χ4v) is 18.1. The second-order valence-electron chi connectivity index (χ2n) is 36.2. The molecule has 12 nitrogen and oxygen atoms in total. The van der Waals surface area contributed by atoms with Crippen LogP contribution in [0.3, 0.4) is 0 Å². The van der Waals surface area contributed by atoms with Crippen molar-refractivity contribution in [2.75, 3.05) is 64.2 Å². The molecule has 0 unspecified atom stereocenters. The van der Waals surface area contributed by atoms with Gasteiger partial charge in [-0.3, -0.25) is 4.99 Å². The second-order valence-corrected chi connectivity index (χ2v) is 36.2. The molecule has 688 valence electrons. The molecule has 2 aliphatic heterocycles. The summed E-state index contributed by atoms with van der Waals surface area (Å²) in [5.74, 6) is -0.525. The van der Waals surface area contributed by atoms with E-state index >= 15 is 0 Å². The molecule has 0 bridgehead atoms. The van der Waals surface area contributed by atoms with E-state index in [1.807, 2.05) is 67.7 Å². The number of benzene rings is 6. The zero-order chi connectivity index (χ0) is 87.4. The van der Waals surface area contributed by atoms with E-state index in [1.54, 1.807) is 31.3 Å². The number of hydrogen-bond acceptors (Lipinski definition) is 9. The molecule has 5 N–H and O–H groups in total. The monoisotopic (exact) mass is 1700 g/mol. The van der Waals surface area contributed by atoms with Crippen LogP contribution in [-0.2, 0) is 9.47 Å². The third-order valence-corrected chi connectivity index (χ3v) is 25.7. The number of nitrogens with one attached hydrogen (secondary N) is 3. The summed E-state index contributed by atoms with van der Waals surface area (Å²) >= 11 is 0. The molecule has 0 spiro atoms. The number of fused-ring (bicyclic) bond motifs is 4. The van der Waals surface area contributed by atoms with Crippen LogP contribution in [0.15, 0.2) is 135 Å². The van der Waals surface area contributed by atoms with Gasteiger partial charge in [-0.05, 0) is 85.0 Å². The molecule has 2 heterocycles. The number of unbranched alkanes of at least 4 members (excludes halogenated alkanes) is 58. The van der Waals surface area contributed by atoms with Gasteiger partial charge in [-0.1, -0.05) is 423 Å². The molecular formula is C112H173N4O8+. The SMILES string of the molecule is CCCCCCCCCCCCCCCCCCCCCCCCCCCCCCCCOCCCNc1ccc2c(-c3ccccc3C(=O)O)c3ccc(=[NH+]CCCOCCCCCCCCCCCCCCCCCCCCCCCCCCCCCCCC)cc-3oc2c1.CN=c1ccc2c(-c3ccccc3C(=O)O)c3ccc(NC)cc3oc-2c1. The summed E-state index contributed by atoms with van der Waals surface area (Å²) in [6.45, 7) is 9.37. The molecule has 0 aromatic heterocycles. The number of ether oxygens (including phenoxy) is 2. The molecular weight excluding hydrogens is 1530 g/mol. The Hall–Kier alpha value is -7.28. The number of rotatable bonds is 76. The number of anilines is 2. The first kappa shape index (κ1) is 104. The van der Waals surface area contributed by atoms with Crippen molar-refractivity contribution in [3.8, 4) is 44.9 Å². The summed E-state index contributed by atoms with van der Waals surface area (Å²) in [6.07, 6.45) is 87.3. The number of carboxylic acid groups (broad SMARTS) is 2. The molecule has 8 rings (SSSR count). The summed E-state index contributed by atoms with van der Waals surface area (Å²) in [5, 5.41) is 30.2. The minimum atomic E-state index is -0.959. The smallest absolute Gasteiger partial charge is 0.336 e. The first-order valence-corrected chi connectivity index (χ1v) is 51.5. The highest BCUT2D eigenvalue weighted by molar-refractivity contribution is 6.09. The summed E-state index contributed by atoms with van der Waals surface area (Å²) < 4.78 is 24.9. The molecule has 124 heavy (non-hydrogen) atoms. The van der Waals surface area contributed by atoms with Gasteiger partial charge in [-0.15, -0.1) is 0 Å². The molecule has 4 aliphatic rings. The van der Waals surface area contributed by atoms with Gasteiger partial charge in [0, 0.05) is 116 Å². The van der Waals surface area contributed by atoms with Crippen LogP contribution in [0.2, 0.25) is 0 Å². The first-order chi connectivity index (χ1) is 61.2. The Kier molecular flexibility index (Phi) is 57.6. The largest absolute Gasteiger partial charge is 0.478 e. The lowest BCUT2D eigenvalue weighted by atomic mass is 9.90. The minimum Gasteiger partial charge on any atom is -0.478 e. The van der Waals surface area contributed by atoms with Gasteiger partial charge < -0.3 is 39.2 Å². The van der Waals surface area contributed by atoms with Gasteiger partial charge >= 0.3 is 11.9 Å². The summed E-state index contributed by atoms with van der Waals surface area (Å²) in [4.78, 5) is 32.2. The molecule has 0 radical (unpaired) electrons. The van der Waals surface area contributed by atoms with Gasteiger partial charge in [-0.2, -0.15) is 0 Å². The summed E-state index contributed by atoms with van der Waals surface area (Å²) in [7, 11) is 3.57. The van der Waals surface area contributed by atoms with E-state index in [2.05, 4.69) is 70.9 Å². The lowest BCUT2D eigenvalue weighted by Gasteiger charge is -2.17. The standard InChI is InChI=1S/C90H154N2O5.C22H18N2O3/c1-3-5-7-9-11-13-15-17-19-21-23-25-27-29-31-33-35-37-39-41-43-45-47-49-51-53-55-57-59-63-75-95-77-65-73-91-81-69-71-85-87(79-81)97-88-80-82(70-72-86(88)89(85)83-67-61-62-68-84(83)90(93)94)92-74-66-78-96-76-64-60-58-56-54-52-50-48-46-44-42-40-38-36-34-32-30-28-26-24-22-20-18-16-14-12-10-8-6-4-2;1-23-13-7-9-17-19(11-13)27-20-12-14(24-2)8-10-18(20)21(17)15-5-3-4-6-16(15)22(25)26/h61-62,67-72,79-80,91H,3-60,63-66,73-78H2,1-2H3,(H,93,94);3-12,23H,1-2H3,(H,25,26)/p+1. The van der Waals surface area contributed by atoms with Crippen molar-refractivity contribution < 1.29 is 43.1 Å². The van der Waals surface area contributed by atoms with Gasteiger partial charge in [0.2, 0.25) is 5.36 Å². The Balaban J connectivity index is 0.000000652. The highest BCUT2D eigenvalue weighted by Crippen LogP contribution is 2.44. The maximum atomic E-state index is 12.5. The number of nitrogens with zero attached hydrogens (tertiary/aromatic N) is 1. The van der Waals surface area contributed by atoms with Crippen LogP contribution >= 0.6 is 0 Å². The predicted octanol–water partition coefficient (Wildman–Crippen LogP) is 32.0. The van der Waals surface area contributed by atoms with Gasteiger partial charge in [0.05, 0.1) is 29.2 Å². The Morgan fingerprint density at radius 1 is 0.331 bits per heavy atom. The Morgan fingerprint density at radius 2 is 0.637 bits per heavy atom. The van der Waals surface area contributed by atoms with Crippen molar-refractivity contribution in [3.63, 3.8) is 0 Å². The van der Waals surface area contributed by atoms with Crippen LogP contribution in [0.4, 0.5) is 11.4 Å². The van der Waals surface area contributed by atoms with Crippen LogP contribution in [0.25, 0.3) is 66.8 Å². The first-order valence-electron chi connectivity index (χ1n) is 51.5. The predicted molar refractivity (Wildman–Crippen MR) is 528 cm³/mol. The van der Waals surface area contributed by atoms with Gasteiger partial charge in [0.1, 0.15) is 29.2 Å². The third-order valence-electron chi connectivity index (χ3n) is 25.7. The lowest BCUT2D eigenvalue weighted by Crippen LogP contribution is -2.76. The average molecular weight is 1700 g/mol. The molecule has 0 saturated carbocycles. The summed E-state index contributed by atoms with van der Waals surface area (Å²) in [5.41, 5.74) is 8.61. The number of carbonyl (C=O) groups is 2. The quantitative estimate of drug-likeness (QED) is 0.0183. The highest BCUT2D eigenvalue weighted by atomic mass is 16.5. The fourth-order valence-electron chi connectivity index (χ4n) is 18.1. The molecule has 0 amide bonds. The molecule has 4 aromatic carbocycles. The van der Waals surface area contributed by atoms with E-state index in [-0.39, 0.29) is 11.1 Å². The number of aromatic carboxylic acids is 2.